The van der Waals surface area contributed by atoms with Crippen LogP contribution in [0, 0.1) is 13.8 Å². The van der Waals surface area contributed by atoms with Gasteiger partial charge in [0, 0.05) is 24.4 Å². The molecule has 1 unspecified atom stereocenters. The Labute approximate surface area is 184 Å². The van der Waals surface area contributed by atoms with E-state index in [2.05, 4.69) is 59.5 Å². The summed E-state index contributed by atoms with van der Waals surface area (Å²) in [5, 5.41) is 8.04. The molecule has 0 aliphatic carbocycles. The van der Waals surface area contributed by atoms with Gasteiger partial charge in [0.1, 0.15) is 5.75 Å². The van der Waals surface area contributed by atoms with E-state index in [1.165, 1.54) is 28.3 Å². The number of likely N-dealkylation sites (tertiary alicyclic amines) is 1. The summed E-state index contributed by atoms with van der Waals surface area (Å²) >= 11 is 1.79. The molecule has 1 atom stereocenters. The number of hydrogen-bond donors (Lipinski definition) is 2. The molecule has 3 rings (SSSR count). The summed E-state index contributed by atoms with van der Waals surface area (Å²) in [5.74, 6) is 1.77. The van der Waals surface area contributed by atoms with Gasteiger partial charge in [-0.3, -0.25) is 9.89 Å². The lowest BCUT2D eigenvalue weighted by Crippen LogP contribution is -2.39. The van der Waals surface area contributed by atoms with Gasteiger partial charge in [-0.05, 0) is 64.4 Å². The van der Waals surface area contributed by atoms with Crippen LogP contribution in [0.2, 0.25) is 0 Å². The molecular formula is C23H35N5OS. The summed E-state index contributed by atoms with van der Waals surface area (Å²) in [5.41, 5.74) is 2.41. The fraction of sp³-hybridized carbons (Fsp3) is 0.565. The second kappa shape index (κ2) is 11.3. The van der Waals surface area contributed by atoms with Crippen LogP contribution in [0.4, 0.5) is 0 Å². The zero-order chi connectivity index (χ0) is 21.3. The van der Waals surface area contributed by atoms with E-state index in [4.69, 9.17) is 9.73 Å². The van der Waals surface area contributed by atoms with Gasteiger partial charge in [-0.1, -0.05) is 12.1 Å². The highest BCUT2D eigenvalue weighted by atomic mass is 32.1. The van der Waals surface area contributed by atoms with E-state index in [0.29, 0.717) is 0 Å². The van der Waals surface area contributed by atoms with Crippen LogP contribution >= 0.6 is 11.3 Å². The molecule has 7 heteroatoms. The number of rotatable bonds is 9. The molecule has 1 aliphatic heterocycles. The van der Waals surface area contributed by atoms with Crippen LogP contribution in [0.15, 0.2) is 29.3 Å². The number of aryl methyl sites for hydroxylation is 2. The van der Waals surface area contributed by atoms with Crippen LogP contribution < -0.4 is 15.4 Å². The van der Waals surface area contributed by atoms with E-state index in [9.17, 15) is 0 Å². The van der Waals surface area contributed by atoms with Gasteiger partial charge in [0.05, 0.1) is 30.4 Å². The Kier molecular flexibility index (Phi) is 8.51. The van der Waals surface area contributed by atoms with Crippen LogP contribution in [0.25, 0.3) is 0 Å². The first-order valence-electron chi connectivity index (χ1n) is 10.9. The smallest absolute Gasteiger partial charge is 0.191 e. The van der Waals surface area contributed by atoms with Crippen LogP contribution in [0.3, 0.4) is 0 Å². The second-order valence-electron chi connectivity index (χ2n) is 7.68. The summed E-state index contributed by atoms with van der Waals surface area (Å²) in [4.78, 5) is 13.4. The maximum Gasteiger partial charge on any atom is 0.191 e. The molecule has 0 bridgehead atoms. The molecule has 2 aromatic rings. The number of nitrogens with one attached hydrogen (secondary N) is 2. The predicted molar refractivity (Wildman–Crippen MR) is 126 cm³/mol. The van der Waals surface area contributed by atoms with Gasteiger partial charge >= 0.3 is 0 Å². The lowest BCUT2D eigenvalue weighted by molar-refractivity contribution is 0.251. The van der Waals surface area contributed by atoms with Gasteiger partial charge in [0.2, 0.25) is 0 Å². The van der Waals surface area contributed by atoms with Crippen molar-refractivity contribution in [1.29, 1.82) is 0 Å². The average molecular weight is 430 g/mol. The van der Waals surface area contributed by atoms with Gasteiger partial charge < -0.3 is 15.4 Å². The van der Waals surface area contributed by atoms with Crippen molar-refractivity contribution >= 4 is 17.3 Å². The Morgan fingerprint density at radius 2 is 2.07 bits per heavy atom. The van der Waals surface area contributed by atoms with Crippen molar-refractivity contribution in [3.63, 3.8) is 0 Å². The molecule has 1 aromatic carbocycles. The Morgan fingerprint density at radius 1 is 1.27 bits per heavy atom. The average Bonchev–Trinajstić information content (AvgIpc) is 3.38. The number of thiazole rings is 1. The van der Waals surface area contributed by atoms with Crippen molar-refractivity contribution in [3.05, 3.63) is 45.4 Å². The van der Waals surface area contributed by atoms with E-state index in [-0.39, 0.29) is 6.04 Å². The van der Waals surface area contributed by atoms with Crippen molar-refractivity contribution < 1.29 is 4.74 Å². The minimum atomic E-state index is 0.266. The van der Waals surface area contributed by atoms with Gasteiger partial charge in [-0.2, -0.15) is 0 Å². The molecule has 2 N–H and O–H groups in total. The number of aromatic nitrogens is 1. The van der Waals surface area contributed by atoms with Gasteiger partial charge in [-0.25, -0.2) is 4.98 Å². The molecule has 164 valence electrons. The van der Waals surface area contributed by atoms with Crippen molar-refractivity contribution in [2.24, 2.45) is 4.99 Å². The fourth-order valence-electron chi connectivity index (χ4n) is 3.79. The summed E-state index contributed by atoms with van der Waals surface area (Å²) in [6.07, 6.45) is 3.43. The molecule has 1 aromatic heterocycles. The van der Waals surface area contributed by atoms with E-state index >= 15 is 0 Å². The molecule has 0 amide bonds. The molecule has 1 aliphatic rings. The summed E-state index contributed by atoms with van der Waals surface area (Å²) in [7, 11) is 1.72. The van der Waals surface area contributed by atoms with E-state index in [1.54, 1.807) is 18.4 Å². The molecule has 2 heterocycles. The normalized spacial score (nSPS) is 15.9. The number of benzene rings is 1. The van der Waals surface area contributed by atoms with Crippen LogP contribution in [0.1, 0.15) is 46.9 Å². The molecule has 0 saturated carbocycles. The molecule has 6 nitrogen and oxygen atoms in total. The maximum atomic E-state index is 5.45. The number of methoxy groups -OCH3 is 1. The predicted octanol–water partition coefficient (Wildman–Crippen LogP) is 3.70. The fourth-order valence-corrected chi connectivity index (χ4v) is 4.72. The van der Waals surface area contributed by atoms with E-state index in [1.807, 2.05) is 6.07 Å². The number of nitrogens with zero attached hydrogens (tertiary/aromatic N) is 3. The van der Waals surface area contributed by atoms with Gasteiger partial charge in [0.25, 0.3) is 0 Å². The second-order valence-corrected chi connectivity index (χ2v) is 8.97. The number of guanidine groups is 1. The lowest BCUT2D eigenvalue weighted by Gasteiger charge is -2.27. The quantitative estimate of drug-likeness (QED) is 0.470. The van der Waals surface area contributed by atoms with E-state index < -0.39 is 0 Å². The SMILES string of the molecule is CCNC(=NCC(c1cccc(OC)c1)N1CCCC1)NCCc1nc(C)c(C)s1. The molecule has 0 spiro atoms. The zero-order valence-electron chi connectivity index (χ0n) is 18.7. The molecule has 0 radical (unpaired) electrons. The maximum absolute atomic E-state index is 5.45. The van der Waals surface area contributed by atoms with Crippen molar-refractivity contribution in [2.45, 2.75) is 46.1 Å². The van der Waals surface area contributed by atoms with Crippen molar-refractivity contribution in [3.8, 4) is 5.75 Å². The molecular weight excluding hydrogens is 394 g/mol. The van der Waals surface area contributed by atoms with Crippen LogP contribution in [0.5, 0.6) is 5.75 Å². The van der Waals surface area contributed by atoms with Gasteiger partial charge in [0.15, 0.2) is 5.96 Å². The number of hydrogen-bond acceptors (Lipinski definition) is 5. The topological polar surface area (TPSA) is 61.8 Å². The first-order valence-corrected chi connectivity index (χ1v) is 11.8. The highest BCUT2D eigenvalue weighted by Gasteiger charge is 2.23. The number of ether oxygens (including phenoxy) is 1. The number of aliphatic imine (C=N–C) groups is 1. The van der Waals surface area contributed by atoms with Crippen molar-refractivity contribution in [2.75, 3.05) is 39.8 Å². The third-order valence-corrected chi connectivity index (χ3v) is 6.66. The standard InChI is InChI=1S/C23H35N5OS/c1-5-24-23(25-12-11-22-27-17(2)18(3)30-22)26-16-21(28-13-6-7-14-28)19-9-8-10-20(15-19)29-4/h8-10,15,21H,5-7,11-14,16H2,1-4H3,(H2,24,25,26). The first-order chi connectivity index (χ1) is 14.6. The van der Waals surface area contributed by atoms with E-state index in [0.717, 1.165) is 56.5 Å². The minimum absolute atomic E-state index is 0.266. The Hall–Kier alpha value is -2.12. The third-order valence-electron chi connectivity index (χ3n) is 5.53. The third kappa shape index (κ3) is 6.19. The lowest BCUT2D eigenvalue weighted by atomic mass is 10.1. The van der Waals surface area contributed by atoms with Gasteiger partial charge in [-0.15, -0.1) is 11.3 Å². The van der Waals surface area contributed by atoms with Crippen LogP contribution in [-0.2, 0) is 6.42 Å². The molecule has 30 heavy (non-hydrogen) atoms. The first kappa shape index (κ1) is 22.6. The Balaban J connectivity index is 1.66. The summed E-state index contributed by atoms with van der Waals surface area (Å²) < 4.78 is 5.45. The Bertz CT molecular complexity index is 809. The highest BCUT2D eigenvalue weighted by molar-refractivity contribution is 7.11. The summed E-state index contributed by atoms with van der Waals surface area (Å²) in [6.45, 7) is 11.0. The largest absolute Gasteiger partial charge is 0.497 e. The molecule has 1 saturated heterocycles. The van der Waals surface area contributed by atoms with Crippen LogP contribution in [-0.4, -0.2) is 55.7 Å². The minimum Gasteiger partial charge on any atom is -0.497 e. The highest BCUT2D eigenvalue weighted by Crippen LogP contribution is 2.28. The molecule has 1 fully saturated rings. The monoisotopic (exact) mass is 429 g/mol. The Morgan fingerprint density at radius 3 is 2.73 bits per heavy atom. The van der Waals surface area contributed by atoms with Crippen molar-refractivity contribution in [1.82, 2.24) is 20.5 Å². The summed E-state index contributed by atoms with van der Waals surface area (Å²) in [6, 6.07) is 8.67. The zero-order valence-corrected chi connectivity index (χ0v) is 19.5.